The van der Waals surface area contributed by atoms with Crippen LogP contribution >= 0.6 is 0 Å². The van der Waals surface area contributed by atoms with Gasteiger partial charge in [-0.25, -0.2) is 9.37 Å². The van der Waals surface area contributed by atoms with Crippen LogP contribution in [0.1, 0.15) is 0 Å². The van der Waals surface area contributed by atoms with Crippen molar-refractivity contribution in [2.24, 2.45) is 0 Å². The number of imidazole rings is 1. The molecule has 0 atom stereocenters. The Balaban J connectivity index is 2.15. The van der Waals surface area contributed by atoms with Crippen molar-refractivity contribution >= 4 is 11.0 Å². The average Bonchev–Trinajstić information content (AvgIpc) is 2.88. The number of H-pyrrole nitrogens is 1. The number of benzene rings is 1. The van der Waals surface area contributed by atoms with E-state index in [9.17, 15) is 4.39 Å². The van der Waals surface area contributed by atoms with E-state index in [4.69, 9.17) is 9.47 Å². The first kappa shape index (κ1) is 12.4. The highest BCUT2D eigenvalue weighted by atomic mass is 19.1. The standard InChI is InChI=1S/C14H12FN3O2/c1-19-12-4-10-11(5-13(12)20-2)18-14(17-10)8-3-9(15)7-16-6-8/h3-7H,1-2H3,(H,17,18). The van der Waals surface area contributed by atoms with Crippen LogP contribution in [0.5, 0.6) is 11.5 Å². The number of nitrogens with zero attached hydrogens (tertiary/aromatic N) is 2. The highest BCUT2D eigenvalue weighted by Gasteiger charge is 2.11. The van der Waals surface area contributed by atoms with Crippen molar-refractivity contribution in [3.8, 4) is 22.9 Å². The fourth-order valence-corrected chi connectivity index (χ4v) is 2.01. The average molecular weight is 273 g/mol. The minimum atomic E-state index is -0.405. The number of rotatable bonds is 3. The number of ether oxygens (including phenoxy) is 2. The number of nitrogens with one attached hydrogen (secondary N) is 1. The number of methoxy groups -OCH3 is 2. The second kappa shape index (κ2) is 4.80. The van der Waals surface area contributed by atoms with Gasteiger partial charge in [0.2, 0.25) is 0 Å². The number of halogens is 1. The van der Waals surface area contributed by atoms with E-state index in [1.165, 1.54) is 6.07 Å². The Morgan fingerprint density at radius 1 is 1.05 bits per heavy atom. The third-order valence-electron chi connectivity index (χ3n) is 2.97. The molecule has 3 aromatic rings. The molecule has 102 valence electrons. The Morgan fingerprint density at radius 3 is 2.50 bits per heavy atom. The molecule has 0 fully saturated rings. The molecule has 3 rings (SSSR count). The summed E-state index contributed by atoms with van der Waals surface area (Å²) in [5.74, 6) is 1.34. The second-order valence-electron chi connectivity index (χ2n) is 4.20. The van der Waals surface area contributed by atoms with E-state index < -0.39 is 5.82 Å². The Labute approximate surface area is 114 Å². The highest BCUT2D eigenvalue weighted by molar-refractivity contribution is 5.82. The zero-order valence-corrected chi connectivity index (χ0v) is 11.0. The molecule has 0 saturated carbocycles. The summed E-state index contributed by atoms with van der Waals surface area (Å²) in [5, 5.41) is 0. The summed E-state index contributed by atoms with van der Waals surface area (Å²) in [5.41, 5.74) is 2.07. The molecular weight excluding hydrogens is 261 g/mol. The molecule has 5 nitrogen and oxygen atoms in total. The van der Waals surface area contributed by atoms with Crippen molar-refractivity contribution in [1.82, 2.24) is 15.0 Å². The number of pyridine rings is 1. The molecule has 0 bridgehead atoms. The van der Waals surface area contributed by atoms with Crippen molar-refractivity contribution in [2.45, 2.75) is 0 Å². The van der Waals surface area contributed by atoms with Crippen molar-refractivity contribution in [3.63, 3.8) is 0 Å². The summed E-state index contributed by atoms with van der Waals surface area (Å²) in [6, 6.07) is 4.93. The lowest BCUT2D eigenvalue weighted by Gasteiger charge is -2.06. The molecule has 0 aliphatic carbocycles. The fraction of sp³-hybridized carbons (Fsp3) is 0.143. The topological polar surface area (TPSA) is 60.0 Å². The Morgan fingerprint density at radius 2 is 1.80 bits per heavy atom. The van der Waals surface area contributed by atoms with Crippen molar-refractivity contribution < 1.29 is 13.9 Å². The second-order valence-corrected chi connectivity index (χ2v) is 4.20. The Bertz CT molecular complexity index is 729. The predicted molar refractivity (Wildman–Crippen MR) is 72.4 cm³/mol. The first-order chi connectivity index (χ1) is 9.71. The molecule has 0 radical (unpaired) electrons. The molecule has 2 heterocycles. The summed E-state index contributed by atoms with van der Waals surface area (Å²) >= 11 is 0. The molecule has 20 heavy (non-hydrogen) atoms. The van der Waals surface area contributed by atoms with Crippen LogP contribution in [-0.4, -0.2) is 29.2 Å². The number of hydrogen-bond donors (Lipinski definition) is 1. The predicted octanol–water partition coefficient (Wildman–Crippen LogP) is 2.78. The van der Waals surface area contributed by atoms with Gasteiger partial charge in [-0.1, -0.05) is 0 Å². The third kappa shape index (κ3) is 2.05. The first-order valence-electron chi connectivity index (χ1n) is 5.94. The van der Waals surface area contributed by atoms with Crippen LogP contribution in [0.2, 0.25) is 0 Å². The lowest BCUT2D eigenvalue weighted by atomic mass is 10.3. The number of fused-ring (bicyclic) bond motifs is 1. The van der Waals surface area contributed by atoms with Gasteiger partial charge in [0.25, 0.3) is 0 Å². The molecule has 0 aliphatic rings. The van der Waals surface area contributed by atoms with E-state index in [0.717, 1.165) is 11.7 Å². The van der Waals surface area contributed by atoms with E-state index in [-0.39, 0.29) is 0 Å². The lowest BCUT2D eigenvalue weighted by molar-refractivity contribution is 0.356. The molecule has 0 amide bonds. The molecule has 0 saturated heterocycles. The number of hydrogen-bond acceptors (Lipinski definition) is 4. The maximum Gasteiger partial charge on any atom is 0.163 e. The van der Waals surface area contributed by atoms with Gasteiger partial charge in [-0.2, -0.15) is 0 Å². The zero-order valence-electron chi connectivity index (χ0n) is 11.0. The van der Waals surface area contributed by atoms with Crippen LogP contribution in [0.25, 0.3) is 22.4 Å². The van der Waals surface area contributed by atoms with Crippen LogP contribution < -0.4 is 9.47 Å². The van der Waals surface area contributed by atoms with E-state index in [2.05, 4.69) is 15.0 Å². The fourth-order valence-electron chi connectivity index (χ4n) is 2.01. The molecule has 1 N–H and O–H groups in total. The van der Waals surface area contributed by atoms with Gasteiger partial charge in [0.15, 0.2) is 11.5 Å². The van der Waals surface area contributed by atoms with Gasteiger partial charge in [0, 0.05) is 23.9 Å². The van der Waals surface area contributed by atoms with Crippen LogP contribution in [0.15, 0.2) is 30.6 Å². The molecule has 0 unspecified atom stereocenters. The van der Waals surface area contributed by atoms with E-state index >= 15 is 0 Å². The van der Waals surface area contributed by atoms with Gasteiger partial charge < -0.3 is 14.5 Å². The Hall–Kier alpha value is -2.63. The molecule has 2 aromatic heterocycles. The van der Waals surface area contributed by atoms with Crippen molar-refractivity contribution in [2.75, 3.05) is 14.2 Å². The summed E-state index contributed by atoms with van der Waals surface area (Å²) in [6.07, 6.45) is 2.70. The van der Waals surface area contributed by atoms with Crippen LogP contribution in [0.3, 0.4) is 0 Å². The van der Waals surface area contributed by atoms with Crippen molar-refractivity contribution in [3.05, 3.63) is 36.4 Å². The van der Waals surface area contributed by atoms with Gasteiger partial charge in [-0.3, -0.25) is 4.98 Å². The van der Waals surface area contributed by atoms with E-state index in [0.29, 0.717) is 28.4 Å². The van der Waals surface area contributed by atoms with Gasteiger partial charge >= 0.3 is 0 Å². The highest BCUT2D eigenvalue weighted by Crippen LogP contribution is 2.32. The first-order valence-corrected chi connectivity index (χ1v) is 5.94. The minimum Gasteiger partial charge on any atom is -0.493 e. The number of aromatic nitrogens is 3. The number of aromatic amines is 1. The van der Waals surface area contributed by atoms with E-state index in [1.54, 1.807) is 32.5 Å². The largest absolute Gasteiger partial charge is 0.493 e. The quantitative estimate of drug-likeness (QED) is 0.797. The minimum absolute atomic E-state index is 0.405. The van der Waals surface area contributed by atoms with Crippen LogP contribution in [0, 0.1) is 5.82 Å². The molecular formula is C14H12FN3O2. The molecule has 6 heteroatoms. The zero-order chi connectivity index (χ0) is 14.1. The normalized spacial score (nSPS) is 10.8. The maximum absolute atomic E-state index is 13.2. The van der Waals surface area contributed by atoms with Crippen LogP contribution in [-0.2, 0) is 0 Å². The summed E-state index contributed by atoms with van der Waals surface area (Å²) in [6.45, 7) is 0. The summed E-state index contributed by atoms with van der Waals surface area (Å²) < 4.78 is 23.7. The maximum atomic E-state index is 13.2. The SMILES string of the molecule is COc1cc2nc(-c3cncc(F)c3)[nH]c2cc1OC. The smallest absolute Gasteiger partial charge is 0.163 e. The van der Waals surface area contributed by atoms with E-state index in [1.807, 2.05) is 0 Å². The monoisotopic (exact) mass is 273 g/mol. The molecule has 0 spiro atoms. The van der Waals surface area contributed by atoms with Gasteiger partial charge in [-0.15, -0.1) is 0 Å². The summed E-state index contributed by atoms with van der Waals surface area (Å²) in [7, 11) is 3.13. The van der Waals surface area contributed by atoms with Gasteiger partial charge in [-0.05, 0) is 6.07 Å². The van der Waals surface area contributed by atoms with Gasteiger partial charge in [0.05, 0.1) is 31.4 Å². The summed E-state index contributed by atoms with van der Waals surface area (Å²) in [4.78, 5) is 11.3. The van der Waals surface area contributed by atoms with Gasteiger partial charge in [0.1, 0.15) is 11.6 Å². The third-order valence-corrected chi connectivity index (χ3v) is 2.97. The molecule has 1 aromatic carbocycles. The van der Waals surface area contributed by atoms with Crippen LogP contribution in [0.4, 0.5) is 4.39 Å². The van der Waals surface area contributed by atoms with Crippen molar-refractivity contribution in [1.29, 1.82) is 0 Å². The molecule has 0 aliphatic heterocycles. The lowest BCUT2D eigenvalue weighted by Crippen LogP contribution is -1.89. The Kier molecular flexibility index (Phi) is 2.98.